The summed E-state index contributed by atoms with van der Waals surface area (Å²) in [4.78, 5) is 12.0. The highest BCUT2D eigenvalue weighted by atomic mass is 32.2. The molecule has 1 atom stereocenters. The smallest absolute Gasteiger partial charge is 0.220 e. The highest BCUT2D eigenvalue weighted by Gasteiger charge is 2.31. The van der Waals surface area contributed by atoms with E-state index in [0.29, 0.717) is 12.8 Å². The topological polar surface area (TPSA) is 63.2 Å². The Balaban J connectivity index is 2.52. The fraction of sp³-hybridized carbons (Fsp3) is 0.923. The lowest BCUT2D eigenvalue weighted by Crippen LogP contribution is -2.47. The van der Waals surface area contributed by atoms with Crippen LogP contribution in [0.15, 0.2) is 0 Å². The van der Waals surface area contributed by atoms with E-state index in [9.17, 15) is 13.2 Å². The molecule has 0 unspecified atom stereocenters. The Morgan fingerprint density at radius 1 is 1.22 bits per heavy atom. The summed E-state index contributed by atoms with van der Waals surface area (Å²) in [6.07, 6.45) is 3.71. The minimum Gasteiger partial charge on any atom is -0.351 e. The quantitative estimate of drug-likeness (QED) is 0.805. The monoisotopic (exact) mass is 275 g/mol. The third-order valence-electron chi connectivity index (χ3n) is 4.24. The first-order valence-electron chi connectivity index (χ1n) is 6.88. The lowest BCUT2D eigenvalue weighted by molar-refractivity contribution is -0.124. The minimum atomic E-state index is -2.88. The maximum atomic E-state index is 12.0. The summed E-state index contributed by atoms with van der Waals surface area (Å²) in [6, 6.07) is 0. The second kappa shape index (κ2) is 6.04. The molecule has 1 saturated heterocycles. The predicted octanol–water partition coefficient (Wildman–Crippen LogP) is 1.90. The van der Waals surface area contributed by atoms with E-state index in [1.165, 1.54) is 0 Å². The second-order valence-electron chi connectivity index (χ2n) is 5.36. The van der Waals surface area contributed by atoms with Crippen molar-refractivity contribution in [2.24, 2.45) is 5.92 Å². The van der Waals surface area contributed by atoms with Gasteiger partial charge in [-0.25, -0.2) is 8.42 Å². The van der Waals surface area contributed by atoms with Crippen molar-refractivity contribution in [3.05, 3.63) is 0 Å². The van der Waals surface area contributed by atoms with Crippen molar-refractivity contribution in [2.45, 2.75) is 58.4 Å². The van der Waals surface area contributed by atoms with Crippen LogP contribution in [0.25, 0.3) is 0 Å². The third kappa shape index (κ3) is 3.97. The van der Waals surface area contributed by atoms with Crippen LogP contribution >= 0.6 is 0 Å². The zero-order valence-electron chi connectivity index (χ0n) is 11.7. The van der Waals surface area contributed by atoms with Crippen LogP contribution in [-0.4, -0.2) is 31.4 Å². The first-order chi connectivity index (χ1) is 8.36. The van der Waals surface area contributed by atoms with Gasteiger partial charge in [-0.15, -0.1) is 0 Å². The van der Waals surface area contributed by atoms with E-state index in [1.807, 2.05) is 0 Å². The number of carbonyl (C=O) groups excluding carboxylic acids is 1. The van der Waals surface area contributed by atoms with E-state index in [4.69, 9.17) is 0 Å². The predicted molar refractivity (Wildman–Crippen MR) is 73.1 cm³/mol. The van der Waals surface area contributed by atoms with Crippen LogP contribution in [0.5, 0.6) is 0 Å². The highest BCUT2D eigenvalue weighted by molar-refractivity contribution is 7.91. The van der Waals surface area contributed by atoms with Crippen molar-refractivity contribution in [2.75, 3.05) is 11.5 Å². The fourth-order valence-corrected chi connectivity index (χ4v) is 4.52. The molecule has 1 aliphatic heterocycles. The number of carbonyl (C=O) groups is 1. The van der Waals surface area contributed by atoms with Crippen LogP contribution in [0.4, 0.5) is 0 Å². The van der Waals surface area contributed by atoms with Crippen molar-refractivity contribution in [3.8, 4) is 0 Å². The number of nitrogens with one attached hydrogen (secondary N) is 1. The van der Waals surface area contributed by atoms with Crippen molar-refractivity contribution < 1.29 is 13.2 Å². The van der Waals surface area contributed by atoms with Crippen molar-refractivity contribution in [1.29, 1.82) is 0 Å². The molecule has 0 bridgehead atoms. The average Bonchev–Trinajstić information content (AvgIpc) is 2.65. The number of rotatable bonds is 6. The molecule has 1 N–H and O–H groups in total. The minimum absolute atomic E-state index is 0.00245. The Hall–Kier alpha value is -0.580. The van der Waals surface area contributed by atoms with Crippen LogP contribution in [-0.2, 0) is 14.6 Å². The first-order valence-corrected chi connectivity index (χ1v) is 8.70. The third-order valence-corrected chi connectivity index (χ3v) is 6.07. The molecule has 0 aromatic carbocycles. The zero-order chi connectivity index (χ0) is 13.8. The molecule has 4 nitrogen and oxygen atoms in total. The lowest BCUT2D eigenvalue weighted by Gasteiger charge is -2.32. The maximum absolute atomic E-state index is 12.0. The molecule has 0 spiro atoms. The molecule has 1 rings (SSSR count). The van der Waals surface area contributed by atoms with Gasteiger partial charge in [-0.3, -0.25) is 4.79 Å². The largest absolute Gasteiger partial charge is 0.351 e. The van der Waals surface area contributed by atoms with Gasteiger partial charge in [-0.05, 0) is 31.6 Å². The van der Waals surface area contributed by atoms with Crippen LogP contribution in [0.2, 0.25) is 0 Å². The number of amides is 1. The normalized spacial score (nSPS) is 22.9. The molecule has 5 heteroatoms. The van der Waals surface area contributed by atoms with Gasteiger partial charge in [0.2, 0.25) is 5.91 Å². The highest BCUT2D eigenvalue weighted by Crippen LogP contribution is 2.23. The van der Waals surface area contributed by atoms with Crippen molar-refractivity contribution >= 4 is 15.7 Å². The summed E-state index contributed by atoms with van der Waals surface area (Å²) in [6.45, 7) is 6.23. The van der Waals surface area contributed by atoms with E-state index < -0.39 is 9.84 Å². The molecule has 1 aliphatic rings. The molecule has 18 heavy (non-hydrogen) atoms. The summed E-state index contributed by atoms with van der Waals surface area (Å²) in [5.41, 5.74) is -0.117. The molecule has 1 amide bonds. The SMILES string of the molecule is CCC(CC)(CC)NC(=O)C[C@@H]1CCS(=O)(=O)C1. The van der Waals surface area contributed by atoms with Crippen molar-refractivity contribution in [1.82, 2.24) is 5.32 Å². The molecule has 1 heterocycles. The molecule has 0 aromatic rings. The summed E-state index contributed by atoms with van der Waals surface area (Å²) < 4.78 is 22.7. The van der Waals surface area contributed by atoms with Crippen LogP contribution in [0, 0.1) is 5.92 Å². The summed E-state index contributed by atoms with van der Waals surface area (Å²) in [5, 5.41) is 3.10. The molecule has 0 aromatic heterocycles. The molecule has 0 saturated carbocycles. The Kier molecular flexibility index (Phi) is 5.20. The standard InChI is InChI=1S/C13H25NO3S/c1-4-13(5-2,6-3)14-12(15)9-11-7-8-18(16,17)10-11/h11H,4-10H2,1-3H3,(H,14,15)/t11-/m0/s1. The maximum Gasteiger partial charge on any atom is 0.220 e. The van der Waals surface area contributed by atoms with Gasteiger partial charge in [-0.2, -0.15) is 0 Å². The summed E-state index contributed by atoms with van der Waals surface area (Å²) >= 11 is 0. The number of hydrogen-bond donors (Lipinski definition) is 1. The summed E-state index contributed by atoms with van der Waals surface area (Å²) in [5.74, 6) is 0.435. The molecule has 0 aliphatic carbocycles. The van der Waals surface area contributed by atoms with Gasteiger partial charge in [0.25, 0.3) is 0 Å². The van der Waals surface area contributed by atoms with Gasteiger partial charge in [0.1, 0.15) is 0 Å². The molecular weight excluding hydrogens is 250 g/mol. The average molecular weight is 275 g/mol. The van der Waals surface area contributed by atoms with E-state index >= 15 is 0 Å². The molecular formula is C13H25NO3S. The fourth-order valence-electron chi connectivity index (χ4n) is 2.66. The van der Waals surface area contributed by atoms with Crippen LogP contribution in [0.3, 0.4) is 0 Å². The van der Waals surface area contributed by atoms with E-state index in [2.05, 4.69) is 26.1 Å². The molecule has 1 fully saturated rings. The van der Waals surface area contributed by atoms with Crippen molar-refractivity contribution in [3.63, 3.8) is 0 Å². The Bertz CT molecular complexity index is 377. The Labute approximate surface area is 110 Å². The Morgan fingerprint density at radius 2 is 1.78 bits per heavy atom. The summed E-state index contributed by atoms with van der Waals surface area (Å²) in [7, 11) is -2.88. The van der Waals surface area contributed by atoms with Crippen LogP contribution in [0.1, 0.15) is 52.9 Å². The van der Waals surface area contributed by atoms with Gasteiger partial charge in [-0.1, -0.05) is 20.8 Å². The van der Waals surface area contributed by atoms with E-state index in [0.717, 1.165) is 19.3 Å². The van der Waals surface area contributed by atoms with Gasteiger partial charge >= 0.3 is 0 Å². The van der Waals surface area contributed by atoms with E-state index in [1.54, 1.807) is 0 Å². The molecule has 106 valence electrons. The van der Waals surface area contributed by atoms with Gasteiger partial charge in [0.05, 0.1) is 11.5 Å². The molecule has 0 radical (unpaired) electrons. The number of hydrogen-bond acceptors (Lipinski definition) is 3. The Morgan fingerprint density at radius 3 is 2.17 bits per heavy atom. The zero-order valence-corrected chi connectivity index (χ0v) is 12.5. The number of sulfone groups is 1. The second-order valence-corrected chi connectivity index (χ2v) is 7.59. The van der Waals surface area contributed by atoms with Gasteiger partial charge < -0.3 is 5.32 Å². The first kappa shape index (κ1) is 15.5. The van der Waals surface area contributed by atoms with Crippen LogP contribution < -0.4 is 5.32 Å². The van der Waals surface area contributed by atoms with Gasteiger partial charge in [0.15, 0.2) is 9.84 Å². The lowest BCUT2D eigenvalue weighted by atomic mass is 9.89. The van der Waals surface area contributed by atoms with E-state index in [-0.39, 0.29) is 28.9 Å². The van der Waals surface area contributed by atoms with Gasteiger partial charge in [0, 0.05) is 12.0 Å².